The first-order valence-corrected chi connectivity index (χ1v) is 13.0. The highest BCUT2D eigenvalue weighted by molar-refractivity contribution is 6.01. The largest absolute Gasteiger partial charge is 0.458 e. The van der Waals surface area contributed by atoms with Gasteiger partial charge in [0.2, 0.25) is 0 Å². The van der Waals surface area contributed by atoms with Gasteiger partial charge in [0.05, 0.1) is 6.10 Å². The Hall–Kier alpha value is -1.82. The smallest absolute Gasteiger partial charge is 0.306 e. The minimum Gasteiger partial charge on any atom is -0.458 e. The van der Waals surface area contributed by atoms with Crippen LogP contribution >= 0.6 is 0 Å². The molecule has 0 amide bonds. The van der Waals surface area contributed by atoms with Crippen molar-refractivity contribution < 1.29 is 28.6 Å². The van der Waals surface area contributed by atoms with E-state index in [4.69, 9.17) is 4.74 Å². The van der Waals surface area contributed by atoms with Crippen molar-refractivity contribution >= 4 is 17.5 Å². The molecule has 0 bridgehead atoms. The van der Waals surface area contributed by atoms with Crippen LogP contribution < -0.4 is 0 Å². The van der Waals surface area contributed by atoms with E-state index in [0.29, 0.717) is 18.4 Å². The van der Waals surface area contributed by atoms with Crippen LogP contribution in [0.15, 0.2) is 23.8 Å². The number of carbonyl (C=O) groups is 3. The summed E-state index contributed by atoms with van der Waals surface area (Å²) in [5.41, 5.74) is -0.689. The van der Waals surface area contributed by atoms with Crippen LogP contribution in [-0.4, -0.2) is 41.5 Å². The van der Waals surface area contributed by atoms with Crippen LogP contribution in [0.25, 0.3) is 0 Å². The second kappa shape index (κ2) is 9.33. The summed E-state index contributed by atoms with van der Waals surface area (Å²) in [7, 11) is 0. The second-order valence-electron chi connectivity index (χ2n) is 11.7. The molecule has 3 saturated carbocycles. The zero-order valence-corrected chi connectivity index (χ0v) is 20.9. The SMILES string of the molecule is CCCCCC(=O)OCC(=O)C1[C@H](C)C[C@H]2C3C[C@H](F)C4=CC(=O)C=CC4(C)C3C(O)CC12C. The maximum Gasteiger partial charge on any atom is 0.306 e. The van der Waals surface area contributed by atoms with Crippen molar-refractivity contribution in [2.45, 2.75) is 84.9 Å². The first-order valence-electron chi connectivity index (χ1n) is 13.0. The van der Waals surface area contributed by atoms with E-state index in [9.17, 15) is 19.5 Å². The van der Waals surface area contributed by atoms with Gasteiger partial charge in [0.15, 0.2) is 11.6 Å². The lowest BCUT2D eigenvalue weighted by molar-refractivity contribution is -0.155. The molecule has 5 nitrogen and oxygen atoms in total. The number of alkyl halides is 1. The number of ether oxygens (including phenoxy) is 1. The predicted octanol–water partition coefficient (Wildman–Crippen LogP) is 4.77. The molecule has 0 aromatic heterocycles. The zero-order valence-electron chi connectivity index (χ0n) is 20.9. The van der Waals surface area contributed by atoms with Crippen LogP contribution in [0.2, 0.25) is 0 Å². The fraction of sp³-hybridized carbons (Fsp3) is 0.750. The van der Waals surface area contributed by atoms with Crippen LogP contribution in [0, 0.1) is 40.4 Å². The molecule has 0 saturated heterocycles. The maximum absolute atomic E-state index is 15.4. The highest BCUT2D eigenvalue weighted by Gasteiger charge is 2.65. The standard InChI is InChI=1S/C28H39FO5/c1-5-6-7-8-24(33)34-15-23(32)25-16(2)11-19-18-13-21(29)20-12-17(30)9-10-27(20,3)26(18)22(31)14-28(19,25)4/h9-10,12,16,18-19,21-22,25-26,31H,5-8,11,13-15H2,1-4H3/t16-,18?,19+,21+,22?,25?,26?,27?,28?/m1/s1. The molecule has 4 rings (SSSR count). The normalized spacial score (nSPS) is 42.9. The number of aliphatic hydroxyl groups excluding tert-OH is 1. The van der Waals surface area contributed by atoms with Gasteiger partial charge in [0, 0.05) is 23.7 Å². The number of carbonyl (C=O) groups excluding carboxylic acids is 3. The molecule has 0 aromatic rings. The molecule has 188 valence electrons. The molecule has 0 spiro atoms. The third kappa shape index (κ3) is 4.10. The number of ketones is 2. The van der Waals surface area contributed by atoms with E-state index in [0.717, 1.165) is 25.7 Å². The van der Waals surface area contributed by atoms with Crippen LogP contribution in [0.3, 0.4) is 0 Å². The number of allylic oxidation sites excluding steroid dienone is 4. The molecule has 0 heterocycles. The maximum atomic E-state index is 15.4. The van der Waals surface area contributed by atoms with E-state index in [1.54, 1.807) is 6.08 Å². The van der Waals surface area contributed by atoms with Gasteiger partial charge in [-0.25, -0.2) is 4.39 Å². The molecule has 6 heteroatoms. The molecule has 6 unspecified atom stereocenters. The Morgan fingerprint density at radius 1 is 1.24 bits per heavy atom. The number of esters is 1. The van der Waals surface area contributed by atoms with Crippen molar-refractivity contribution in [2.24, 2.45) is 40.4 Å². The number of Topliss-reactive ketones (excluding diaryl/α,β-unsaturated/α-hetero) is 1. The summed E-state index contributed by atoms with van der Waals surface area (Å²) >= 11 is 0. The summed E-state index contributed by atoms with van der Waals surface area (Å²) in [6.07, 6.45) is 7.33. The minimum atomic E-state index is -1.23. The van der Waals surface area contributed by atoms with E-state index < -0.39 is 23.1 Å². The molecule has 0 aliphatic heterocycles. The lowest BCUT2D eigenvalue weighted by Gasteiger charge is -2.59. The summed E-state index contributed by atoms with van der Waals surface area (Å²) in [4.78, 5) is 37.3. The average Bonchev–Trinajstić information content (AvgIpc) is 3.03. The molecule has 3 fully saturated rings. The van der Waals surface area contributed by atoms with Gasteiger partial charge in [-0.1, -0.05) is 46.6 Å². The van der Waals surface area contributed by atoms with Gasteiger partial charge in [-0.3, -0.25) is 14.4 Å². The van der Waals surface area contributed by atoms with Gasteiger partial charge in [-0.05, 0) is 66.6 Å². The van der Waals surface area contributed by atoms with Gasteiger partial charge in [0.25, 0.3) is 0 Å². The summed E-state index contributed by atoms with van der Waals surface area (Å²) < 4.78 is 20.8. The quantitative estimate of drug-likeness (QED) is 0.425. The zero-order chi connectivity index (χ0) is 24.8. The Balaban J connectivity index is 1.54. The molecular weight excluding hydrogens is 435 g/mol. The lowest BCUT2D eigenvalue weighted by Crippen LogP contribution is -2.58. The highest BCUT2D eigenvalue weighted by Crippen LogP contribution is 2.67. The Morgan fingerprint density at radius 2 is 1.97 bits per heavy atom. The van der Waals surface area contributed by atoms with Crippen molar-refractivity contribution in [3.8, 4) is 0 Å². The fourth-order valence-corrected chi connectivity index (χ4v) is 8.22. The number of fused-ring (bicyclic) bond motifs is 5. The molecule has 0 aromatic carbocycles. The molecule has 4 aliphatic rings. The van der Waals surface area contributed by atoms with Crippen LogP contribution in [-0.2, 0) is 19.1 Å². The number of rotatable bonds is 7. The highest BCUT2D eigenvalue weighted by atomic mass is 19.1. The van der Waals surface area contributed by atoms with E-state index in [-0.39, 0.29) is 60.2 Å². The second-order valence-corrected chi connectivity index (χ2v) is 11.7. The Bertz CT molecular complexity index is 908. The Labute approximate surface area is 202 Å². The number of hydrogen-bond acceptors (Lipinski definition) is 5. The molecule has 34 heavy (non-hydrogen) atoms. The van der Waals surface area contributed by atoms with E-state index in [2.05, 4.69) is 20.8 Å². The van der Waals surface area contributed by atoms with Gasteiger partial charge in [-0.2, -0.15) is 0 Å². The molecular formula is C28H39FO5. The van der Waals surface area contributed by atoms with Crippen molar-refractivity contribution in [3.63, 3.8) is 0 Å². The van der Waals surface area contributed by atoms with Crippen molar-refractivity contribution in [2.75, 3.05) is 6.61 Å². The minimum absolute atomic E-state index is 0.0681. The van der Waals surface area contributed by atoms with Crippen LogP contribution in [0.1, 0.15) is 72.6 Å². The first kappa shape index (κ1) is 25.3. The van der Waals surface area contributed by atoms with E-state index in [1.807, 2.05) is 6.92 Å². The topological polar surface area (TPSA) is 80.7 Å². The number of halogens is 1. The third-order valence-corrected chi connectivity index (χ3v) is 9.52. The monoisotopic (exact) mass is 474 g/mol. The summed E-state index contributed by atoms with van der Waals surface area (Å²) in [6.45, 7) is 7.89. The molecule has 1 N–H and O–H groups in total. The fourth-order valence-electron chi connectivity index (χ4n) is 8.22. The molecule has 4 aliphatic carbocycles. The third-order valence-electron chi connectivity index (χ3n) is 9.52. The average molecular weight is 475 g/mol. The van der Waals surface area contributed by atoms with E-state index >= 15 is 4.39 Å². The summed E-state index contributed by atoms with van der Waals surface area (Å²) in [5.74, 6) is -1.07. The Kier molecular flexibility index (Phi) is 6.93. The number of aliphatic hydroxyl groups is 1. The van der Waals surface area contributed by atoms with Crippen LogP contribution in [0.4, 0.5) is 4.39 Å². The number of unbranched alkanes of at least 4 members (excludes halogenated alkanes) is 2. The van der Waals surface area contributed by atoms with Crippen molar-refractivity contribution in [1.29, 1.82) is 0 Å². The first-order chi connectivity index (χ1) is 16.0. The van der Waals surface area contributed by atoms with Gasteiger partial charge in [0.1, 0.15) is 12.8 Å². The summed E-state index contributed by atoms with van der Waals surface area (Å²) in [5, 5.41) is 11.4. The Morgan fingerprint density at radius 3 is 2.68 bits per heavy atom. The van der Waals surface area contributed by atoms with Gasteiger partial charge < -0.3 is 9.84 Å². The van der Waals surface area contributed by atoms with Gasteiger partial charge >= 0.3 is 5.97 Å². The van der Waals surface area contributed by atoms with Crippen molar-refractivity contribution in [3.05, 3.63) is 23.8 Å². The van der Waals surface area contributed by atoms with Crippen LogP contribution in [0.5, 0.6) is 0 Å². The summed E-state index contributed by atoms with van der Waals surface area (Å²) in [6, 6.07) is 0. The predicted molar refractivity (Wildman–Crippen MR) is 126 cm³/mol. The molecule has 0 radical (unpaired) electrons. The van der Waals surface area contributed by atoms with Gasteiger partial charge in [-0.15, -0.1) is 0 Å². The van der Waals surface area contributed by atoms with E-state index in [1.165, 1.54) is 12.2 Å². The lowest BCUT2D eigenvalue weighted by atomic mass is 9.46. The van der Waals surface area contributed by atoms with Crippen molar-refractivity contribution in [1.82, 2.24) is 0 Å². The molecule has 9 atom stereocenters. The number of hydrogen-bond donors (Lipinski definition) is 1.